The number of hydrogen-bond donors (Lipinski definition) is 0. The summed E-state index contributed by atoms with van der Waals surface area (Å²) >= 11 is 4.93. The van der Waals surface area contributed by atoms with E-state index in [1.54, 1.807) is 0 Å². The summed E-state index contributed by atoms with van der Waals surface area (Å²) in [4.78, 5) is 0. The van der Waals surface area contributed by atoms with E-state index in [9.17, 15) is 0 Å². The third kappa shape index (κ3) is 1.62. The fourth-order valence-corrected chi connectivity index (χ4v) is 3.90. The molecule has 0 amide bonds. The van der Waals surface area contributed by atoms with E-state index in [4.69, 9.17) is 15.5 Å². The molecule has 59 valence electrons. The first kappa shape index (κ1) is 8.29. The van der Waals surface area contributed by atoms with Crippen molar-refractivity contribution in [1.82, 2.24) is 0 Å². The van der Waals surface area contributed by atoms with Crippen molar-refractivity contribution in [3.8, 4) is 0 Å². The van der Waals surface area contributed by atoms with Crippen LogP contribution in [0.15, 0.2) is 21.9 Å². The van der Waals surface area contributed by atoms with Gasteiger partial charge in [0.05, 0.1) is 0 Å². The fourth-order valence-electron chi connectivity index (χ4n) is 1.10. The predicted molar refractivity (Wildman–Crippen MR) is 44.1 cm³/mol. The van der Waals surface area contributed by atoms with Crippen LogP contribution in [0.2, 0.25) is 19.6 Å². The number of hydrogen-bond acceptors (Lipinski definition) is 0. The Labute approximate surface area is 71.8 Å². The van der Waals surface area contributed by atoms with Crippen molar-refractivity contribution in [2.45, 2.75) is 26.1 Å². The first-order valence-electron chi connectivity index (χ1n) is 3.54. The van der Waals surface area contributed by atoms with Gasteiger partial charge in [-0.2, -0.15) is 0 Å². The average Bonchev–Trinajstić information content (AvgIpc) is 2.11. The minimum atomic E-state index is -1.09. The van der Waals surface area contributed by atoms with Crippen molar-refractivity contribution in [2.75, 3.05) is 0 Å². The molecule has 0 heterocycles. The van der Waals surface area contributed by atoms with Crippen LogP contribution in [0.1, 0.15) is 6.42 Å². The fraction of sp³-hybridized carbons (Fsp3) is 0.500. The molecule has 1 rings (SSSR count). The van der Waals surface area contributed by atoms with Gasteiger partial charge in [0.1, 0.15) is 0 Å². The summed E-state index contributed by atoms with van der Waals surface area (Å²) in [5.41, 5.74) is 0. The Morgan fingerprint density at radius 3 is 2.20 bits per heavy atom. The zero-order valence-corrected chi connectivity index (χ0v) is 8.67. The molecule has 0 aliphatic heterocycles. The van der Waals surface area contributed by atoms with Crippen LogP contribution in [-0.4, -0.2) is 8.07 Å². The topological polar surface area (TPSA) is 0 Å². The van der Waals surface area contributed by atoms with E-state index in [0.717, 1.165) is 6.42 Å². The summed E-state index contributed by atoms with van der Waals surface area (Å²) < 4.78 is 1.22. The van der Waals surface area contributed by atoms with Crippen LogP contribution in [0, 0.1) is 0 Å². The van der Waals surface area contributed by atoms with Crippen LogP contribution in [0.3, 0.4) is 0 Å². The Morgan fingerprint density at radius 1 is 1.40 bits per heavy atom. The minimum absolute atomic E-state index is 1.03. The maximum absolute atomic E-state index is 4.93. The Bertz CT molecular complexity index is 196. The predicted octanol–water partition coefficient (Wildman–Crippen LogP) is 2.62. The van der Waals surface area contributed by atoms with Crippen molar-refractivity contribution < 1.29 is 15.5 Å². The molecule has 0 atom stereocenters. The Morgan fingerprint density at radius 2 is 2.00 bits per heavy atom. The third-order valence-corrected chi connectivity index (χ3v) is 4.41. The molecule has 0 saturated heterocycles. The monoisotopic (exact) mass is 195 g/mol. The van der Waals surface area contributed by atoms with Crippen molar-refractivity contribution in [3.05, 3.63) is 21.9 Å². The molecule has 0 aromatic carbocycles. The van der Waals surface area contributed by atoms with Crippen LogP contribution in [0.25, 0.3) is 0 Å². The van der Waals surface area contributed by atoms with Gasteiger partial charge in [-0.3, -0.25) is 0 Å². The van der Waals surface area contributed by atoms with Gasteiger partial charge in [0.15, 0.2) is 0 Å². The quantitative estimate of drug-likeness (QED) is 0.565. The van der Waals surface area contributed by atoms with Crippen LogP contribution in [0.4, 0.5) is 0 Å². The van der Waals surface area contributed by atoms with Gasteiger partial charge in [-0.1, -0.05) is 0 Å². The molecule has 0 nitrogen and oxygen atoms in total. The second kappa shape index (κ2) is 2.67. The van der Waals surface area contributed by atoms with E-state index >= 15 is 0 Å². The Balaban J connectivity index is 2.91. The van der Waals surface area contributed by atoms with Gasteiger partial charge in [0.25, 0.3) is 0 Å². The zero-order valence-electron chi connectivity index (χ0n) is 6.68. The first-order chi connectivity index (χ1) is 4.52. The van der Waals surface area contributed by atoms with Crippen LogP contribution in [-0.2, 0) is 15.5 Å². The van der Waals surface area contributed by atoms with Crippen LogP contribution in [0.5, 0.6) is 0 Å². The summed E-state index contributed by atoms with van der Waals surface area (Å²) in [6.07, 6.45) is 5.44. The van der Waals surface area contributed by atoms with Gasteiger partial charge in [0.2, 0.25) is 0 Å². The molecular formula is C8H13NiSi. The van der Waals surface area contributed by atoms with Crippen molar-refractivity contribution in [2.24, 2.45) is 0 Å². The van der Waals surface area contributed by atoms with Crippen LogP contribution < -0.4 is 0 Å². The Hall–Kier alpha value is 0.190. The van der Waals surface area contributed by atoms with Crippen molar-refractivity contribution in [1.29, 1.82) is 0 Å². The van der Waals surface area contributed by atoms with E-state index in [1.165, 1.54) is 9.74 Å². The van der Waals surface area contributed by atoms with Crippen LogP contribution >= 0.6 is 0 Å². The van der Waals surface area contributed by atoms with E-state index in [-0.39, 0.29) is 0 Å². The molecule has 0 aromatic rings. The van der Waals surface area contributed by atoms with Gasteiger partial charge in [0, 0.05) is 0 Å². The molecule has 10 heavy (non-hydrogen) atoms. The molecular weight excluding hydrogens is 183 g/mol. The normalized spacial score (nSPS) is 18.9. The number of rotatable bonds is 1. The van der Waals surface area contributed by atoms with Gasteiger partial charge in [-0.25, -0.2) is 0 Å². The van der Waals surface area contributed by atoms with E-state index in [2.05, 4.69) is 31.8 Å². The molecule has 0 spiro atoms. The third-order valence-electron chi connectivity index (χ3n) is 1.65. The average molecular weight is 196 g/mol. The molecule has 1 aliphatic carbocycles. The van der Waals surface area contributed by atoms with Crippen molar-refractivity contribution >= 4 is 8.07 Å². The first-order valence-corrected chi connectivity index (χ1v) is 7.54. The summed E-state index contributed by atoms with van der Waals surface area (Å²) in [6.45, 7) is 7.03. The maximum atomic E-state index is 4.93. The van der Waals surface area contributed by atoms with Gasteiger partial charge >= 0.3 is 71.5 Å². The molecule has 0 saturated carbocycles. The molecule has 0 unspecified atom stereocenters. The van der Waals surface area contributed by atoms with E-state index in [0.29, 0.717) is 0 Å². The van der Waals surface area contributed by atoms with Crippen molar-refractivity contribution in [3.63, 3.8) is 0 Å². The standard InChI is InChI=1S/C8H13Si.Ni/c1-9(2,3)8-6-4-5-7-8;/h4,6H,5H2,1-3H3;. The van der Waals surface area contributed by atoms with E-state index in [1.807, 2.05) is 0 Å². The molecule has 0 N–H and O–H groups in total. The molecule has 0 bridgehead atoms. The summed E-state index contributed by atoms with van der Waals surface area (Å²) in [5.74, 6) is 0. The molecule has 1 aliphatic rings. The zero-order chi connectivity index (χ0) is 7.78. The molecule has 0 aromatic heterocycles. The second-order valence-corrected chi connectivity index (χ2v) is 9.27. The second-order valence-electron chi connectivity index (χ2n) is 3.64. The number of allylic oxidation sites excluding steroid dienone is 4. The van der Waals surface area contributed by atoms with Gasteiger partial charge in [-0.05, 0) is 0 Å². The summed E-state index contributed by atoms with van der Waals surface area (Å²) in [5, 5.41) is 1.49. The summed E-state index contributed by atoms with van der Waals surface area (Å²) in [7, 11) is -1.09. The molecule has 2 heteroatoms. The molecule has 0 fully saturated rings. The molecule has 0 radical (unpaired) electrons. The van der Waals surface area contributed by atoms with E-state index < -0.39 is 8.07 Å². The van der Waals surface area contributed by atoms with Gasteiger partial charge < -0.3 is 0 Å². The summed E-state index contributed by atoms with van der Waals surface area (Å²) in [6, 6.07) is 0. The Kier molecular flexibility index (Phi) is 2.21. The SMILES string of the molecule is C[Si](C)(C)C1=[C]([Ni])CC=C1. The van der Waals surface area contributed by atoms with Gasteiger partial charge in [-0.15, -0.1) is 0 Å².